The van der Waals surface area contributed by atoms with Crippen LogP contribution in [0.5, 0.6) is 0 Å². The van der Waals surface area contributed by atoms with E-state index in [4.69, 9.17) is 11.6 Å². The molecule has 0 aromatic heterocycles. The van der Waals surface area contributed by atoms with Gasteiger partial charge in [0.1, 0.15) is 0 Å². The monoisotopic (exact) mass is 203 g/mol. The van der Waals surface area contributed by atoms with Gasteiger partial charge in [-0.15, -0.1) is 11.6 Å². The van der Waals surface area contributed by atoms with Gasteiger partial charge in [0.05, 0.1) is 0 Å². The molecule has 78 valence electrons. The molecular formula is C11H22ClN. The Balaban J connectivity index is 2.05. The molecule has 1 heterocycles. The first-order valence-corrected chi connectivity index (χ1v) is 6.04. The van der Waals surface area contributed by atoms with Gasteiger partial charge in [0, 0.05) is 12.4 Å². The second-order valence-electron chi connectivity index (χ2n) is 4.57. The van der Waals surface area contributed by atoms with Crippen molar-refractivity contribution in [2.75, 3.05) is 25.5 Å². The van der Waals surface area contributed by atoms with E-state index in [0.717, 1.165) is 17.7 Å². The molecule has 0 bridgehead atoms. The van der Waals surface area contributed by atoms with E-state index in [2.05, 4.69) is 18.7 Å². The summed E-state index contributed by atoms with van der Waals surface area (Å²) in [6.07, 6.45) is 3.88. The van der Waals surface area contributed by atoms with Crippen molar-refractivity contribution in [2.45, 2.75) is 33.1 Å². The fourth-order valence-corrected chi connectivity index (χ4v) is 2.34. The molecule has 1 saturated heterocycles. The number of alkyl halides is 1. The summed E-state index contributed by atoms with van der Waals surface area (Å²) in [5, 5.41) is 0. The average molecular weight is 204 g/mol. The predicted molar refractivity (Wildman–Crippen MR) is 59.3 cm³/mol. The number of halogens is 1. The van der Waals surface area contributed by atoms with Crippen molar-refractivity contribution in [1.82, 2.24) is 4.90 Å². The zero-order chi connectivity index (χ0) is 9.68. The molecule has 1 aliphatic rings. The molecule has 0 spiro atoms. The zero-order valence-corrected chi connectivity index (χ0v) is 9.69. The molecule has 0 radical (unpaired) electrons. The highest BCUT2D eigenvalue weighted by Gasteiger charge is 2.18. The van der Waals surface area contributed by atoms with Gasteiger partial charge in [0.2, 0.25) is 0 Å². The molecule has 0 N–H and O–H groups in total. The van der Waals surface area contributed by atoms with Gasteiger partial charge in [0.15, 0.2) is 0 Å². The number of hydrogen-bond acceptors (Lipinski definition) is 1. The standard InChI is InChI=1S/C11H22ClN/c1-10(3-6-12)4-7-13-8-5-11(2)9-13/h10-11H,3-9H2,1-2H3. The van der Waals surface area contributed by atoms with Crippen molar-refractivity contribution in [3.8, 4) is 0 Å². The third kappa shape index (κ3) is 4.33. The molecule has 2 atom stereocenters. The molecule has 0 aromatic rings. The van der Waals surface area contributed by atoms with Gasteiger partial charge >= 0.3 is 0 Å². The third-order valence-electron chi connectivity index (χ3n) is 3.05. The molecule has 0 aromatic carbocycles. The maximum Gasteiger partial charge on any atom is 0.0225 e. The Kier molecular flexibility index (Phi) is 5.12. The predicted octanol–water partition coefficient (Wildman–Crippen LogP) is 2.98. The van der Waals surface area contributed by atoms with Gasteiger partial charge in [-0.05, 0) is 44.2 Å². The lowest BCUT2D eigenvalue weighted by Gasteiger charge is -2.17. The smallest absolute Gasteiger partial charge is 0.0225 e. The molecular weight excluding hydrogens is 182 g/mol. The van der Waals surface area contributed by atoms with Gasteiger partial charge in [-0.3, -0.25) is 0 Å². The summed E-state index contributed by atoms with van der Waals surface area (Å²) in [5.41, 5.74) is 0. The normalized spacial score (nSPS) is 26.5. The lowest BCUT2D eigenvalue weighted by Crippen LogP contribution is -2.23. The van der Waals surface area contributed by atoms with Crippen molar-refractivity contribution in [3.63, 3.8) is 0 Å². The molecule has 1 nitrogen and oxygen atoms in total. The average Bonchev–Trinajstić information content (AvgIpc) is 2.49. The van der Waals surface area contributed by atoms with Crippen LogP contribution < -0.4 is 0 Å². The van der Waals surface area contributed by atoms with Crippen LogP contribution >= 0.6 is 11.6 Å². The van der Waals surface area contributed by atoms with E-state index in [0.29, 0.717) is 0 Å². The summed E-state index contributed by atoms with van der Waals surface area (Å²) in [4.78, 5) is 2.59. The topological polar surface area (TPSA) is 3.24 Å². The number of rotatable bonds is 5. The Morgan fingerprint density at radius 1 is 1.46 bits per heavy atom. The van der Waals surface area contributed by atoms with Gasteiger partial charge in [-0.1, -0.05) is 13.8 Å². The van der Waals surface area contributed by atoms with E-state index in [1.165, 1.54) is 38.9 Å². The van der Waals surface area contributed by atoms with Crippen LogP contribution in [0, 0.1) is 11.8 Å². The molecule has 2 unspecified atom stereocenters. The van der Waals surface area contributed by atoms with Crippen LogP contribution in [0.25, 0.3) is 0 Å². The first kappa shape index (κ1) is 11.3. The fraction of sp³-hybridized carbons (Fsp3) is 1.00. The minimum absolute atomic E-state index is 0.799. The molecule has 13 heavy (non-hydrogen) atoms. The van der Waals surface area contributed by atoms with E-state index in [1.807, 2.05) is 0 Å². The van der Waals surface area contributed by atoms with Crippen LogP contribution in [0.3, 0.4) is 0 Å². The minimum Gasteiger partial charge on any atom is -0.303 e. The fourth-order valence-electron chi connectivity index (χ4n) is 1.96. The summed E-state index contributed by atoms with van der Waals surface area (Å²) in [5.74, 6) is 2.54. The molecule has 1 fully saturated rings. The number of likely N-dealkylation sites (tertiary alicyclic amines) is 1. The lowest BCUT2D eigenvalue weighted by atomic mass is 10.1. The summed E-state index contributed by atoms with van der Waals surface area (Å²) < 4.78 is 0. The highest BCUT2D eigenvalue weighted by atomic mass is 35.5. The van der Waals surface area contributed by atoms with Gasteiger partial charge in [-0.25, -0.2) is 0 Å². The van der Waals surface area contributed by atoms with Crippen molar-refractivity contribution in [3.05, 3.63) is 0 Å². The van der Waals surface area contributed by atoms with Crippen molar-refractivity contribution in [1.29, 1.82) is 0 Å². The number of hydrogen-bond donors (Lipinski definition) is 0. The highest BCUT2D eigenvalue weighted by molar-refractivity contribution is 6.17. The summed E-state index contributed by atoms with van der Waals surface area (Å²) in [6.45, 7) is 8.56. The molecule has 1 rings (SSSR count). The van der Waals surface area contributed by atoms with Crippen LogP contribution in [0.4, 0.5) is 0 Å². The Hall–Kier alpha value is 0.250. The van der Waals surface area contributed by atoms with Gasteiger partial charge < -0.3 is 4.90 Å². The molecule has 1 aliphatic heterocycles. The molecule has 0 saturated carbocycles. The van der Waals surface area contributed by atoms with E-state index in [1.54, 1.807) is 0 Å². The quantitative estimate of drug-likeness (QED) is 0.621. The second kappa shape index (κ2) is 5.87. The third-order valence-corrected chi connectivity index (χ3v) is 3.27. The summed E-state index contributed by atoms with van der Waals surface area (Å²) in [6, 6.07) is 0. The Labute approximate surface area is 87.4 Å². The maximum atomic E-state index is 5.70. The zero-order valence-electron chi connectivity index (χ0n) is 8.93. The van der Waals surface area contributed by atoms with E-state index < -0.39 is 0 Å². The maximum absolute atomic E-state index is 5.70. The van der Waals surface area contributed by atoms with Crippen molar-refractivity contribution < 1.29 is 0 Å². The van der Waals surface area contributed by atoms with Crippen LogP contribution in [0.15, 0.2) is 0 Å². The van der Waals surface area contributed by atoms with Gasteiger partial charge in [-0.2, -0.15) is 0 Å². The summed E-state index contributed by atoms with van der Waals surface area (Å²) in [7, 11) is 0. The Morgan fingerprint density at radius 3 is 2.77 bits per heavy atom. The summed E-state index contributed by atoms with van der Waals surface area (Å²) >= 11 is 5.70. The van der Waals surface area contributed by atoms with Crippen LogP contribution in [0.1, 0.15) is 33.1 Å². The Bertz CT molecular complexity index is 138. The second-order valence-corrected chi connectivity index (χ2v) is 4.94. The van der Waals surface area contributed by atoms with E-state index in [9.17, 15) is 0 Å². The van der Waals surface area contributed by atoms with Crippen LogP contribution in [-0.2, 0) is 0 Å². The van der Waals surface area contributed by atoms with Crippen molar-refractivity contribution in [2.24, 2.45) is 11.8 Å². The SMILES string of the molecule is CC(CCCl)CCN1CCC(C)C1. The highest BCUT2D eigenvalue weighted by Crippen LogP contribution is 2.17. The molecule has 2 heteroatoms. The molecule has 0 aliphatic carbocycles. The van der Waals surface area contributed by atoms with Crippen LogP contribution in [0.2, 0.25) is 0 Å². The van der Waals surface area contributed by atoms with E-state index in [-0.39, 0.29) is 0 Å². The first-order chi connectivity index (χ1) is 6.22. The largest absolute Gasteiger partial charge is 0.303 e. The first-order valence-electron chi connectivity index (χ1n) is 5.50. The van der Waals surface area contributed by atoms with Crippen molar-refractivity contribution >= 4 is 11.6 Å². The van der Waals surface area contributed by atoms with Gasteiger partial charge in [0.25, 0.3) is 0 Å². The van der Waals surface area contributed by atoms with Crippen LogP contribution in [-0.4, -0.2) is 30.4 Å². The number of nitrogens with zero attached hydrogens (tertiary/aromatic N) is 1. The minimum atomic E-state index is 0.799. The lowest BCUT2D eigenvalue weighted by molar-refractivity contribution is 0.298. The van der Waals surface area contributed by atoms with E-state index >= 15 is 0 Å². The molecule has 0 amide bonds. The Morgan fingerprint density at radius 2 is 2.23 bits per heavy atom.